The fourth-order valence-corrected chi connectivity index (χ4v) is 1.61. The van der Waals surface area contributed by atoms with E-state index in [-0.39, 0.29) is 0 Å². The molecule has 3 nitrogen and oxygen atoms in total. The Bertz CT molecular complexity index is 490. The lowest BCUT2D eigenvalue weighted by Crippen LogP contribution is -2.17. The second-order valence-electron chi connectivity index (χ2n) is 3.41. The molecule has 1 rings (SSSR count). The van der Waals surface area contributed by atoms with Gasteiger partial charge < -0.3 is 4.74 Å². The first-order valence-electron chi connectivity index (χ1n) is 4.78. The molecule has 0 N–H and O–H groups in total. The number of methoxy groups -OCH3 is 1. The summed E-state index contributed by atoms with van der Waals surface area (Å²) in [5.41, 5.74) is -3.17. The summed E-state index contributed by atoms with van der Waals surface area (Å²) in [4.78, 5) is 14.0. The number of esters is 1. The average molecular weight is 304 g/mol. The fourth-order valence-electron chi connectivity index (χ4n) is 1.32. The van der Waals surface area contributed by atoms with Gasteiger partial charge in [0.25, 0.3) is 6.43 Å². The van der Waals surface area contributed by atoms with E-state index in [9.17, 15) is 26.7 Å². The van der Waals surface area contributed by atoms with Gasteiger partial charge in [0.05, 0.1) is 24.1 Å². The van der Waals surface area contributed by atoms with Crippen LogP contribution in [0.1, 0.15) is 23.2 Å². The molecule has 0 saturated heterocycles. The molecule has 0 amide bonds. The van der Waals surface area contributed by atoms with Gasteiger partial charge in [0.1, 0.15) is 5.69 Å². The van der Waals surface area contributed by atoms with E-state index in [0.29, 0.717) is 6.20 Å². The molecule has 0 saturated carbocycles. The molecule has 0 aliphatic heterocycles. The van der Waals surface area contributed by atoms with E-state index >= 15 is 0 Å². The molecule has 0 atom stereocenters. The average Bonchev–Trinajstić information content (AvgIpc) is 2.29. The Morgan fingerprint density at radius 2 is 2.05 bits per heavy atom. The smallest absolute Gasteiger partial charge is 0.433 e. The van der Waals surface area contributed by atoms with Crippen LogP contribution in [-0.2, 0) is 22.1 Å². The summed E-state index contributed by atoms with van der Waals surface area (Å²) in [6, 6.07) is 0. The molecule has 0 aliphatic rings. The first kappa shape index (κ1) is 15.6. The van der Waals surface area contributed by atoms with Crippen molar-refractivity contribution in [1.29, 1.82) is 0 Å². The predicted octanol–water partition coefficient (Wildman–Crippen LogP) is 3.41. The molecule has 0 aliphatic carbocycles. The van der Waals surface area contributed by atoms with Crippen LogP contribution < -0.4 is 0 Å². The molecule has 0 unspecified atom stereocenters. The van der Waals surface area contributed by atoms with Crippen molar-refractivity contribution in [3.8, 4) is 0 Å². The van der Waals surface area contributed by atoms with E-state index in [0.717, 1.165) is 7.11 Å². The van der Waals surface area contributed by atoms with E-state index < -0.39 is 46.8 Å². The highest BCUT2D eigenvalue weighted by Gasteiger charge is 2.38. The van der Waals surface area contributed by atoms with Crippen LogP contribution in [0.25, 0.3) is 0 Å². The Morgan fingerprint density at radius 1 is 1.47 bits per heavy atom. The van der Waals surface area contributed by atoms with Gasteiger partial charge in [0.2, 0.25) is 0 Å². The molecule has 0 bridgehead atoms. The molecule has 0 fully saturated rings. The van der Waals surface area contributed by atoms with Crippen LogP contribution in [0.3, 0.4) is 0 Å². The van der Waals surface area contributed by atoms with Gasteiger partial charge in [0.15, 0.2) is 0 Å². The Morgan fingerprint density at radius 3 is 2.47 bits per heavy atom. The fraction of sp³-hybridized carbons (Fsp3) is 0.400. The van der Waals surface area contributed by atoms with Crippen LogP contribution in [0.15, 0.2) is 6.20 Å². The van der Waals surface area contributed by atoms with Gasteiger partial charge in [-0.2, -0.15) is 13.2 Å². The van der Waals surface area contributed by atoms with Gasteiger partial charge in [-0.3, -0.25) is 9.78 Å². The van der Waals surface area contributed by atoms with Crippen molar-refractivity contribution >= 4 is 17.6 Å². The van der Waals surface area contributed by atoms with Gasteiger partial charge in [-0.1, -0.05) is 11.6 Å². The standard InChI is InChI=1S/C10H7ClF5NO2/c1-19-6(18)2-4-7(11)5(9(12)13)3-17-8(4)10(14,15)16/h3,9H,2H2,1H3. The van der Waals surface area contributed by atoms with Gasteiger partial charge in [-0.05, 0) is 0 Å². The molecule has 1 heterocycles. The monoisotopic (exact) mass is 303 g/mol. The topological polar surface area (TPSA) is 39.2 Å². The first-order valence-corrected chi connectivity index (χ1v) is 5.15. The lowest BCUT2D eigenvalue weighted by atomic mass is 10.1. The maximum absolute atomic E-state index is 12.7. The highest BCUT2D eigenvalue weighted by Crippen LogP contribution is 2.37. The first-order chi connectivity index (χ1) is 8.68. The van der Waals surface area contributed by atoms with Crippen LogP contribution in [0.4, 0.5) is 22.0 Å². The minimum absolute atomic E-state index is 0.344. The maximum atomic E-state index is 12.7. The number of ether oxygens (including phenoxy) is 1. The zero-order valence-corrected chi connectivity index (χ0v) is 10.1. The van der Waals surface area contributed by atoms with Crippen molar-refractivity contribution in [2.75, 3.05) is 7.11 Å². The summed E-state index contributed by atoms with van der Waals surface area (Å²) in [7, 11) is 0.952. The third-order valence-corrected chi connectivity index (χ3v) is 2.64. The number of hydrogen-bond donors (Lipinski definition) is 0. The van der Waals surface area contributed by atoms with E-state index in [1.807, 2.05) is 0 Å². The van der Waals surface area contributed by atoms with Crippen LogP contribution >= 0.6 is 11.6 Å². The molecule has 1 aromatic rings. The number of carbonyl (C=O) groups excluding carboxylic acids is 1. The number of aromatic nitrogens is 1. The summed E-state index contributed by atoms with van der Waals surface area (Å²) in [5, 5.41) is -0.831. The number of hydrogen-bond acceptors (Lipinski definition) is 3. The van der Waals surface area contributed by atoms with Crippen molar-refractivity contribution in [3.63, 3.8) is 0 Å². The zero-order valence-electron chi connectivity index (χ0n) is 9.39. The lowest BCUT2D eigenvalue weighted by Gasteiger charge is -2.14. The van der Waals surface area contributed by atoms with Crippen LogP contribution in [-0.4, -0.2) is 18.1 Å². The maximum Gasteiger partial charge on any atom is 0.433 e. The molecule has 0 radical (unpaired) electrons. The number of carbonyl (C=O) groups is 1. The Hall–Kier alpha value is -1.44. The highest BCUT2D eigenvalue weighted by molar-refractivity contribution is 6.32. The number of rotatable bonds is 3. The molecule has 19 heavy (non-hydrogen) atoms. The summed E-state index contributed by atoms with van der Waals surface area (Å²) >= 11 is 5.49. The molecular weight excluding hydrogens is 297 g/mol. The minimum atomic E-state index is -4.91. The Kier molecular flexibility index (Phi) is 4.67. The third kappa shape index (κ3) is 3.52. The molecular formula is C10H7ClF5NO2. The van der Waals surface area contributed by atoms with Crippen LogP contribution in [0, 0.1) is 0 Å². The molecule has 0 aromatic carbocycles. The molecule has 106 valence electrons. The van der Waals surface area contributed by atoms with Gasteiger partial charge in [-0.15, -0.1) is 0 Å². The SMILES string of the molecule is COC(=O)Cc1c(C(F)(F)F)ncc(C(F)F)c1Cl. The lowest BCUT2D eigenvalue weighted by molar-refractivity contribution is -0.143. The summed E-state index contributed by atoms with van der Waals surface area (Å²) in [6.07, 6.45) is -8.55. The molecule has 0 spiro atoms. The third-order valence-electron chi connectivity index (χ3n) is 2.19. The highest BCUT2D eigenvalue weighted by atomic mass is 35.5. The number of nitrogens with zero attached hydrogens (tertiary/aromatic N) is 1. The minimum Gasteiger partial charge on any atom is -0.469 e. The van der Waals surface area contributed by atoms with Crippen LogP contribution in [0.2, 0.25) is 5.02 Å². The Balaban J connectivity index is 3.42. The summed E-state index contributed by atoms with van der Waals surface area (Å²) < 4.78 is 67.2. The summed E-state index contributed by atoms with van der Waals surface area (Å²) in [5.74, 6) is -1.04. The van der Waals surface area contributed by atoms with Crippen molar-refractivity contribution < 1.29 is 31.5 Å². The van der Waals surface area contributed by atoms with E-state index in [1.165, 1.54) is 0 Å². The van der Waals surface area contributed by atoms with E-state index in [1.54, 1.807) is 0 Å². The van der Waals surface area contributed by atoms with Gasteiger partial charge >= 0.3 is 12.1 Å². The van der Waals surface area contributed by atoms with Crippen molar-refractivity contribution in [3.05, 3.63) is 28.0 Å². The van der Waals surface area contributed by atoms with Gasteiger partial charge in [-0.25, -0.2) is 8.78 Å². The van der Waals surface area contributed by atoms with Crippen molar-refractivity contribution in [1.82, 2.24) is 4.98 Å². The van der Waals surface area contributed by atoms with Crippen LogP contribution in [0.5, 0.6) is 0 Å². The van der Waals surface area contributed by atoms with Crippen molar-refractivity contribution in [2.45, 2.75) is 19.0 Å². The summed E-state index contributed by atoms with van der Waals surface area (Å²) in [6.45, 7) is 0. The molecule has 1 aromatic heterocycles. The van der Waals surface area contributed by atoms with E-state index in [2.05, 4.69) is 9.72 Å². The molecule has 9 heteroatoms. The number of alkyl halides is 5. The second-order valence-corrected chi connectivity index (χ2v) is 3.78. The number of halogens is 6. The van der Waals surface area contributed by atoms with E-state index in [4.69, 9.17) is 11.6 Å². The van der Waals surface area contributed by atoms with Gasteiger partial charge in [0, 0.05) is 11.8 Å². The normalized spacial score (nSPS) is 11.8. The quantitative estimate of drug-likeness (QED) is 0.634. The second kappa shape index (κ2) is 5.68. The zero-order chi connectivity index (χ0) is 14.8. The number of pyridine rings is 1. The largest absolute Gasteiger partial charge is 0.469 e. The predicted molar refractivity (Wildman–Crippen MR) is 54.9 cm³/mol. The Labute approximate surface area is 109 Å². The van der Waals surface area contributed by atoms with Crippen molar-refractivity contribution in [2.24, 2.45) is 0 Å².